The van der Waals surface area contributed by atoms with Gasteiger partial charge in [0.25, 0.3) is 11.8 Å². The number of nitrogens with one attached hydrogen (secondary N) is 2. The molecule has 0 aliphatic carbocycles. The first-order valence-corrected chi connectivity index (χ1v) is 9.54. The van der Waals surface area contributed by atoms with Crippen molar-refractivity contribution in [1.29, 1.82) is 0 Å². The number of hydrogen-bond acceptors (Lipinski definition) is 4. The van der Waals surface area contributed by atoms with Crippen LogP contribution in [0.15, 0.2) is 42.6 Å². The number of rotatable bonds is 6. The number of nitrogens with zero attached hydrogens (tertiary/aromatic N) is 2. The second kappa shape index (κ2) is 9.16. The Morgan fingerprint density at radius 3 is 2.52 bits per heavy atom. The van der Waals surface area contributed by atoms with Gasteiger partial charge in [-0.25, -0.2) is 4.98 Å². The molecule has 6 nitrogen and oxygen atoms in total. The maximum atomic E-state index is 12.8. The molecule has 1 aromatic heterocycles. The minimum Gasteiger partial charge on any atom is -0.365 e. The number of amides is 2. The number of benzene rings is 1. The van der Waals surface area contributed by atoms with E-state index in [1.165, 1.54) is 6.42 Å². The summed E-state index contributed by atoms with van der Waals surface area (Å²) in [4.78, 5) is 30.9. The van der Waals surface area contributed by atoms with E-state index < -0.39 is 0 Å². The first-order chi connectivity index (χ1) is 13.2. The smallest absolute Gasteiger partial charge is 0.257 e. The van der Waals surface area contributed by atoms with Crippen molar-refractivity contribution in [3.8, 4) is 0 Å². The van der Waals surface area contributed by atoms with Gasteiger partial charge in [-0.15, -0.1) is 0 Å². The Balaban J connectivity index is 1.66. The number of carbonyl (C=O) groups is 2. The van der Waals surface area contributed by atoms with Crippen LogP contribution in [-0.4, -0.2) is 41.3 Å². The Labute approximate surface area is 160 Å². The summed E-state index contributed by atoms with van der Waals surface area (Å²) in [5, 5.41) is 6.05. The van der Waals surface area contributed by atoms with E-state index in [0.29, 0.717) is 30.0 Å². The van der Waals surface area contributed by atoms with Gasteiger partial charge in [-0.05, 0) is 56.0 Å². The number of hydrogen-bond donors (Lipinski definition) is 2. The van der Waals surface area contributed by atoms with Crippen molar-refractivity contribution in [1.82, 2.24) is 15.2 Å². The normalized spacial score (nSPS) is 13.9. The zero-order valence-corrected chi connectivity index (χ0v) is 15.7. The zero-order chi connectivity index (χ0) is 19.1. The molecular formula is C21H26N4O2. The Morgan fingerprint density at radius 2 is 1.81 bits per heavy atom. The van der Waals surface area contributed by atoms with Gasteiger partial charge >= 0.3 is 0 Å². The van der Waals surface area contributed by atoms with Crippen molar-refractivity contribution in [2.75, 3.05) is 25.0 Å². The second-order valence-electron chi connectivity index (χ2n) is 6.66. The van der Waals surface area contributed by atoms with Crippen molar-refractivity contribution in [2.24, 2.45) is 0 Å². The molecule has 0 unspecified atom stereocenters. The van der Waals surface area contributed by atoms with Crippen molar-refractivity contribution >= 4 is 17.6 Å². The predicted octanol–water partition coefficient (Wildman–Crippen LogP) is 3.07. The van der Waals surface area contributed by atoms with E-state index in [1.807, 2.05) is 30.0 Å². The summed E-state index contributed by atoms with van der Waals surface area (Å²) in [6.07, 6.45) is 5.00. The molecule has 2 heterocycles. The maximum absolute atomic E-state index is 12.8. The van der Waals surface area contributed by atoms with Crippen LogP contribution in [-0.2, 0) is 6.54 Å². The van der Waals surface area contributed by atoms with E-state index >= 15 is 0 Å². The lowest BCUT2D eigenvalue weighted by Crippen LogP contribution is -2.36. The molecule has 1 aliphatic rings. The summed E-state index contributed by atoms with van der Waals surface area (Å²) in [5.74, 6) is 0.564. The Kier molecular flexibility index (Phi) is 6.41. The fourth-order valence-corrected chi connectivity index (χ4v) is 3.21. The van der Waals surface area contributed by atoms with Crippen molar-refractivity contribution in [3.05, 3.63) is 59.3 Å². The topological polar surface area (TPSA) is 74.3 Å². The number of pyridine rings is 1. The SMILES string of the molecule is CCNC(=O)c1ccc(CNc2ncccc2C(=O)N2CCCCC2)cc1. The highest BCUT2D eigenvalue weighted by molar-refractivity contribution is 5.98. The molecule has 0 radical (unpaired) electrons. The Bertz CT molecular complexity index is 783. The van der Waals surface area contributed by atoms with E-state index in [0.717, 1.165) is 31.5 Å². The Hall–Kier alpha value is -2.89. The first-order valence-electron chi connectivity index (χ1n) is 9.54. The van der Waals surface area contributed by atoms with Gasteiger partial charge < -0.3 is 15.5 Å². The average molecular weight is 366 g/mol. The van der Waals surface area contributed by atoms with Gasteiger partial charge in [0.15, 0.2) is 0 Å². The van der Waals surface area contributed by atoms with Gasteiger partial charge in [-0.2, -0.15) is 0 Å². The molecule has 1 fully saturated rings. The van der Waals surface area contributed by atoms with Gasteiger partial charge in [0, 0.05) is 37.9 Å². The fourth-order valence-electron chi connectivity index (χ4n) is 3.21. The molecule has 1 aromatic carbocycles. The molecule has 0 spiro atoms. The highest BCUT2D eigenvalue weighted by Gasteiger charge is 2.21. The van der Waals surface area contributed by atoms with Crippen molar-refractivity contribution in [2.45, 2.75) is 32.7 Å². The lowest BCUT2D eigenvalue weighted by Gasteiger charge is -2.27. The molecule has 142 valence electrons. The largest absolute Gasteiger partial charge is 0.365 e. The molecule has 27 heavy (non-hydrogen) atoms. The third-order valence-corrected chi connectivity index (χ3v) is 4.69. The summed E-state index contributed by atoms with van der Waals surface area (Å²) in [6, 6.07) is 11.0. The van der Waals surface area contributed by atoms with Crippen LogP contribution < -0.4 is 10.6 Å². The molecule has 2 amide bonds. The first kappa shape index (κ1) is 18.9. The van der Waals surface area contributed by atoms with Crippen LogP contribution in [0.5, 0.6) is 0 Å². The molecule has 2 aromatic rings. The summed E-state index contributed by atoms with van der Waals surface area (Å²) in [5.41, 5.74) is 2.27. The van der Waals surface area contributed by atoms with Crippen LogP contribution in [0.4, 0.5) is 5.82 Å². The van der Waals surface area contributed by atoms with Crippen LogP contribution in [0.1, 0.15) is 52.5 Å². The maximum Gasteiger partial charge on any atom is 0.257 e. The molecule has 6 heteroatoms. The molecule has 0 bridgehead atoms. The predicted molar refractivity (Wildman–Crippen MR) is 106 cm³/mol. The molecule has 0 saturated carbocycles. The van der Waals surface area contributed by atoms with Crippen LogP contribution >= 0.6 is 0 Å². The van der Waals surface area contributed by atoms with E-state index in [-0.39, 0.29) is 11.8 Å². The minimum absolute atomic E-state index is 0.0388. The molecule has 0 atom stereocenters. The summed E-state index contributed by atoms with van der Waals surface area (Å²) in [7, 11) is 0. The third-order valence-electron chi connectivity index (χ3n) is 4.69. The number of anilines is 1. The van der Waals surface area contributed by atoms with E-state index in [9.17, 15) is 9.59 Å². The van der Waals surface area contributed by atoms with Crippen LogP contribution in [0.3, 0.4) is 0 Å². The number of aromatic nitrogens is 1. The van der Waals surface area contributed by atoms with E-state index in [4.69, 9.17) is 0 Å². The zero-order valence-electron chi connectivity index (χ0n) is 15.7. The summed E-state index contributed by atoms with van der Waals surface area (Å²) < 4.78 is 0. The summed E-state index contributed by atoms with van der Waals surface area (Å²) >= 11 is 0. The van der Waals surface area contributed by atoms with Crippen LogP contribution in [0, 0.1) is 0 Å². The lowest BCUT2D eigenvalue weighted by atomic mass is 10.1. The lowest BCUT2D eigenvalue weighted by molar-refractivity contribution is 0.0724. The van der Waals surface area contributed by atoms with Gasteiger partial charge in [0.2, 0.25) is 0 Å². The molecule has 2 N–H and O–H groups in total. The van der Waals surface area contributed by atoms with Crippen LogP contribution in [0.25, 0.3) is 0 Å². The molecule has 1 aliphatic heterocycles. The van der Waals surface area contributed by atoms with Gasteiger partial charge in [-0.3, -0.25) is 9.59 Å². The number of piperidine rings is 1. The molecule has 3 rings (SSSR count). The molecular weight excluding hydrogens is 340 g/mol. The average Bonchev–Trinajstić information content (AvgIpc) is 2.73. The monoisotopic (exact) mass is 366 g/mol. The standard InChI is InChI=1S/C21H26N4O2/c1-2-22-20(26)17-10-8-16(9-11-17)15-24-19-18(7-6-12-23-19)21(27)25-13-4-3-5-14-25/h6-12H,2-5,13-15H2,1H3,(H,22,26)(H,23,24). The van der Waals surface area contributed by atoms with Gasteiger partial charge in [-0.1, -0.05) is 12.1 Å². The van der Waals surface area contributed by atoms with E-state index in [2.05, 4.69) is 15.6 Å². The number of likely N-dealkylation sites (tertiary alicyclic amines) is 1. The number of carbonyl (C=O) groups excluding carboxylic acids is 2. The molecule has 1 saturated heterocycles. The van der Waals surface area contributed by atoms with Crippen molar-refractivity contribution < 1.29 is 9.59 Å². The third kappa shape index (κ3) is 4.84. The van der Waals surface area contributed by atoms with Crippen molar-refractivity contribution in [3.63, 3.8) is 0 Å². The Morgan fingerprint density at radius 1 is 1.07 bits per heavy atom. The van der Waals surface area contributed by atoms with Gasteiger partial charge in [0.05, 0.1) is 5.56 Å². The van der Waals surface area contributed by atoms with E-state index in [1.54, 1.807) is 24.4 Å². The summed E-state index contributed by atoms with van der Waals surface area (Å²) in [6.45, 7) is 4.66. The quantitative estimate of drug-likeness (QED) is 0.824. The highest BCUT2D eigenvalue weighted by Crippen LogP contribution is 2.18. The minimum atomic E-state index is -0.0730. The fraction of sp³-hybridized carbons (Fsp3) is 0.381. The second-order valence-corrected chi connectivity index (χ2v) is 6.66. The van der Waals surface area contributed by atoms with Gasteiger partial charge in [0.1, 0.15) is 5.82 Å². The highest BCUT2D eigenvalue weighted by atomic mass is 16.2. The van der Waals surface area contributed by atoms with Crippen LogP contribution in [0.2, 0.25) is 0 Å².